The minimum Gasteiger partial charge on any atom is -0.457 e. The zero-order valence-electron chi connectivity index (χ0n) is 17.3. The molecule has 3 aromatic carbocycles. The molecule has 0 atom stereocenters. The number of rotatable bonds is 4. The number of nitrogens with zero attached hydrogens (tertiary/aromatic N) is 1. The van der Waals surface area contributed by atoms with Crippen LogP contribution in [0.25, 0.3) is 0 Å². The molecule has 3 aromatic rings. The molecule has 0 aliphatic carbocycles. The first-order valence-corrected chi connectivity index (χ1v) is 9.92. The smallest absolute Gasteiger partial charge is 0.243 e. The van der Waals surface area contributed by atoms with Crippen LogP contribution in [0.2, 0.25) is 0 Å². The van der Waals surface area contributed by atoms with E-state index in [4.69, 9.17) is 4.74 Å². The molecule has 1 aliphatic heterocycles. The zero-order valence-corrected chi connectivity index (χ0v) is 17.3. The number of ether oxygens (including phenoxy) is 1. The first-order valence-electron chi connectivity index (χ1n) is 9.92. The predicted molar refractivity (Wildman–Crippen MR) is 117 cm³/mol. The Morgan fingerprint density at radius 3 is 2.13 bits per heavy atom. The second kappa shape index (κ2) is 8.03. The largest absolute Gasteiger partial charge is 0.457 e. The number of anilines is 1. The molecule has 0 fully saturated rings. The van der Waals surface area contributed by atoms with E-state index in [0.717, 1.165) is 27.9 Å². The number of carbonyl (C=O) groups excluding carboxylic acids is 2. The van der Waals surface area contributed by atoms with Crippen LogP contribution in [0.5, 0.6) is 11.5 Å². The highest BCUT2D eigenvalue weighted by atomic mass is 16.5. The third-order valence-electron chi connectivity index (χ3n) is 5.56. The van der Waals surface area contributed by atoms with Crippen LogP contribution in [0.1, 0.15) is 28.2 Å². The van der Waals surface area contributed by atoms with E-state index < -0.39 is 5.92 Å². The lowest BCUT2D eigenvalue weighted by Crippen LogP contribution is -2.38. The molecule has 0 spiro atoms. The molecule has 0 unspecified atom stereocenters. The van der Waals surface area contributed by atoms with Crippen molar-refractivity contribution < 1.29 is 14.3 Å². The average Bonchev–Trinajstić information content (AvgIpc) is 2.74. The van der Waals surface area contributed by atoms with Crippen LogP contribution in [0.15, 0.2) is 66.7 Å². The minimum atomic E-state index is -0.510. The summed E-state index contributed by atoms with van der Waals surface area (Å²) in [5.74, 6) is 0.456. The molecule has 1 aliphatic rings. The normalized spacial score (nSPS) is 12.4. The lowest BCUT2D eigenvalue weighted by Gasteiger charge is -2.30. The fourth-order valence-electron chi connectivity index (χ4n) is 3.77. The molecule has 2 amide bonds. The van der Waals surface area contributed by atoms with Crippen molar-refractivity contribution in [2.75, 3.05) is 18.9 Å². The van der Waals surface area contributed by atoms with Crippen molar-refractivity contribution in [3.05, 3.63) is 89.0 Å². The van der Waals surface area contributed by atoms with Gasteiger partial charge in [0.25, 0.3) is 0 Å². The summed E-state index contributed by atoms with van der Waals surface area (Å²) >= 11 is 0. The minimum absolute atomic E-state index is 0.0338. The molecule has 0 saturated carbocycles. The van der Waals surface area contributed by atoms with Gasteiger partial charge in [-0.25, -0.2) is 0 Å². The van der Waals surface area contributed by atoms with E-state index >= 15 is 0 Å². The Morgan fingerprint density at radius 1 is 0.900 bits per heavy atom. The SMILES string of the molecule is Cc1cccc(NC(=O)CN(C)C(=O)C2c3ccccc3Oc3ccccc32)c1C. The molecule has 152 valence electrons. The molecule has 5 heteroatoms. The van der Waals surface area contributed by atoms with Crippen LogP contribution in [0, 0.1) is 13.8 Å². The molecule has 0 aromatic heterocycles. The zero-order chi connectivity index (χ0) is 21.3. The number of aryl methyl sites for hydroxylation is 1. The Labute approximate surface area is 176 Å². The number of fused-ring (bicyclic) bond motifs is 2. The number of para-hydroxylation sites is 2. The summed E-state index contributed by atoms with van der Waals surface area (Å²) in [7, 11) is 1.66. The summed E-state index contributed by atoms with van der Waals surface area (Å²) in [6.07, 6.45) is 0. The van der Waals surface area contributed by atoms with Crippen LogP contribution in [-0.2, 0) is 9.59 Å². The van der Waals surface area contributed by atoms with E-state index in [1.54, 1.807) is 7.05 Å². The van der Waals surface area contributed by atoms with Gasteiger partial charge in [0, 0.05) is 23.9 Å². The predicted octanol–water partition coefficient (Wildman–Crippen LogP) is 4.64. The maximum atomic E-state index is 13.4. The summed E-state index contributed by atoms with van der Waals surface area (Å²) in [5, 5.41) is 2.92. The molecule has 1 heterocycles. The van der Waals surface area contributed by atoms with Gasteiger partial charge in [0.2, 0.25) is 11.8 Å². The van der Waals surface area contributed by atoms with Crippen molar-refractivity contribution in [2.45, 2.75) is 19.8 Å². The molecule has 5 nitrogen and oxygen atoms in total. The first kappa shape index (κ1) is 19.7. The topological polar surface area (TPSA) is 58.6 Å². The number of likely N-dealkylation sites (N-methyl/N-ethyl adjacent to an activating group) is 1. The monoisotopic (exact) mass is 400 g/mol. The van der Waals surface area contributed by atoms with Gasteiger partial charge in [0.15, 0.2) is 0 Å². The fourth-order valence-corrected chi connectivity index (χ4v) is 3.77. The molecule has 4 rings (SSSR count). The molecule has 30 heavy (non-hydrogen) atoms. The van der Waals surface area contributed by atoms with Gasteiger partial charge in [-0.1, -0.05) is 48.5 Å². The number of carbonyl (C=O) groups is 2. The van der Waals surface area contributed by atoms with Gasteiger partial charge >= 0.3 is 0 Å². The van der Waals surface area contributed by atoms with Crippen molar-refractivity contribution in [3.8, 4) is 11.5 Å². The van der Waals surface area contributed by atoms with Crippen LogP contribution >= 0.6 is 0 Å². The van der Waals surface area contributed by atoms with Gasteiger partial charge in [-0.15, -0.1) is 0 Å². The van der Waals surface area contributed by atoms with E-state index in [2.05, 4.69) is 5.32 Å². The second-order valence-corrected chi connectivity index (χ2v) is 7.60. The Bertz CT molecular complexity index is 1080. The number of hydrogen-bond acceptors (Lipinski definition) is 3. The molecule has 0 bridgehead atoms. The van der Waals surface area contributed by atoms with E-state index in [1.165, 1.54) is 4.90 Å². The molecule has 0 saturated heterocycles. The van der Waals surface area contributed by atoms with Crippen molar-refractivity contribution in [1.29, 1.82) is 0 Å². The lowest BCUT2D eigenvalue weighted by atomic mass is 9.87. The Balaban J connectivity index is 1.56. The highest BCUT2D eigenvalue weighted by molar-refractivity contribution is 5.97. The quantitative estimate of drug-likeness (QED) is 0.694. The fraction of sp³-hybridized carbons (Fsp3) is 0.200. The summed E-state index contributed by atoms with van der Waals surface area (Å²) in [6.45, 7) is 3.93. The van der Waals surface area contributed by atoms with E-state index in [-0.39, 0.29) is 18.4 Å². The van der Waals surface area contributed by atoms with Crippen molar-refractivity contribution in [3.63, 3.8) is 0 Å². The van der Waals surface area contributed by atoms with Gasteiger partial charge in [0.1, 0.15) is 11.5 Å². The summed E-state index contributed by atoms with van der Waals surface area (Å²) < 4.78 is 5.97. The van der Waals surface area contributed by atoms with Crippen LogP contribution < -0.4 is 10.1 Å². The molecular formula is C25H24N2O3. The summed E-state index contributed by atoms with van der Waals surface area (Å²) in [5.41, 5.74) is 4.51. The van der Waals surface area contributed by atoms with E-state index in [9.17, 15) is 9.59 Å². The van der Waals surface area contributed by atoms with E-state index in [1.807, 2.05) is 80.6 Å². The number of benzene rings is 3. The Kier molecular flexibility index (Phi) is 5.27. The molecule has 0 radical (unpaired) electrons. The van der Waals surface area contributed by atoms with Gasteiger partial charge < -0.3 is 15.0 Å². The van der Waals surface area contributed by atoms with Crippen LogP contribution in [-0.4, -0.2) is 30.3 Å². The van der Waals surface area contributed by atoms with Crippen LogP contribution in [0.3, 0.4) is 0 Å². The number of nitrogens with one attached hydrogen (secondary N) is 1. The van der Waals surface area contributed by atoms with Gasteiger partial charge in [0.05, 0.1) is 12.5 Å². The van der Waals surface area contributed by atoms with Gasteiger partial charge in [-0.2, -0.15) is 0 Å². The third kappa shape index (κ3) is 3.66. The van der Waals surface area contributed by atoms with Crippen molar-refractivity contribution in [1.82, 2.24) is 4.90 Å². The standard InChI is InChI=1S/C25H24N2O3/c1-16-9-8-12-20(17(16)2)26-23(28)15-27(3)25(29)24-18-10-4-6-13-21(18)30-22-14-7-5-11-19(22)24/h4-14,24H,15H2,1-3H3,(H,26,28). The lowest BCUT2D eigenvalue weighted by molar-refractivity contribution is -0.134. The number of hydrogen-bond donors (Lipinski definition) is 1. The second-order valence-electron chi connectivity index (χ2n) is 7.60. The van der Waals surface area contributed by atoms with Crippen molar-refractivity contribution >= 4 is 17.5 Å². The highest BCUT2D eigenvalue weighted by Crippen LogP contribution is 2.44. The highest BCUT2D eigenvalue weighted by Gasteiger charge is 2.34. The first-order chi connectivity index (χ1) is 14.5. The number of amides is 2. The Hall–Kier alpha value is -3.60. The Morgan fingerprint density at radius 2 is 1.50 bits per heavy atom. The summed E-state index contributed by atoms with van der Waals surface area (Å²) in [6, 6.07) is 20.8. The third-order valence-corrected chi connectivity index (χ3v) is 5.56. The summed E-state index contributed by atoms with van der Waals surface area (Å²) in [4.78, 5) is 27.5. The van der Waals surface area contributed by atoms with E-state index in [0.29, 0.717) is 11.5 Å². The van der Waals surface area contributed by atoms with Crippen molar-refractivity contribution in [2.24, 2.45) is 0 Å². The van der Waals surface area contributed by atoms with Crippen LogP contribution in [0.4, 0.5) is 5.69 Å². The average molecular weight is 400 g/mol. The van der Waals surface area contributed by atoms with Gasteiger partial charge in [-0.3, -0.25) is 9.59 Å². The van der Waals surface area contributed by atoms with Gasteiger partial charge in [-0.05, 0) is 43.2 Å². The maximum Gasteiger partial charge on any atom is 0.243 e. The molecule has 1 N–H and O–H groups in total. The maximum absolute atomic E-state index is 13.4. The molecular weight excluding hydrogens is 376 g/mol.